The fraction of sp³-hybridized carbons (Fsp3) is 0.391. The van der Waals surface area contributed by atoms with Crippen molar-refractivity contribution in [3.8, 4) is 0 Å². The SMILES string of the molecule is CCCCc1ccc(N=C2C(=O)N(CN3CCOCC3)c3ccccc32)cc1. The van der Waals surface area contributed by atoms with Crippen LogP contribution in [0, 0.1) is 0 Å². The summed E-state index contributed by atoms with van der Waals surface area (Å²) in [6, 6.07) is 16.2. The van der Waals surface area contributed by atoms with Crippen LogP contribution in [0.2, 0.25) is 0 Å². The summed E-state index contributed by atoms with van der Waals surface area (Å²) in [5.74, 6) is -0.0252. The average molecular weight is 377 g/mol. The fourth-order valence-corrected chi connectivity index (χ4v) is 3.70. The van der Waals surface area contributed by atoms with Gasteiger partial charge in [0.15, 0.2) is 0 Å². The molecule has 0 aliphatic carbocycles. The molecule has 0 saturated carbocycles. The van der Waals surface area contributed by atoms with E-state index in [-0.39, 0.29) is 5.91 Å². The van der Waals surface area contributed by atoms with Crippen LogP contribution in [0.1, 0.15) is 30.9 Å². The van der Waals surface area contributed by atoms with Gasteiger partial charge in [-0.1, -0.05) is 43.7 Å². The predicted octanol–water partition coefficient (Wildman–Crippen LogP) is 3.79. The number of carbonyl (C=O) groups is 1. The number of hydrogen-bond acceptors (Lipinski definition) is 4. The van der Waals surface area contributed by atoms with Gasteiger partial charge < -0.3 is 4.74 Å². The number of morpholine rings is 1. The molecular formula is C23H27N3O2. The Hall–Kier alpha value is -2.50. The van der Waals surface area contributed by atoms with E-state index in [0.29, 0.717) is 12.4 Å². The molecule has 2 aliphatic heterocycles. The normalized spacial score (nSPS) is 18.7. The minimum absolute atomic E-state index is 0.0252. The molecule has 0 unspecified atom stereocenters. The van der Waals surface area contributed by atoms with Crippen molar-refractivity contribution >= 4 is 23.0 Å². The molecule has 0 bridgehead atoms. The summed E-state index contributed by atoms with van der Waals surface area (Å²) in [7, 11) is 0. The van der Waals surface area contributed by atoms with Crippen LogP contribution in [0.25, 0.3) is 0 Å². The predicted molar refractivity (Wildman–Crippen MR) is 112 cm³/mol. The number of unbranched alkanes of at least 4 members (excludes halogenated alkanes) is 1. The Kier molecular flexibility index (Phi) is 5.84. The van der Waals surface area contributed by atoms with Crippen LogP contribution in [0.4, 0.5) is 11.4 Å². The topological polar surface area (TPSA) is 45.1 Å². The molecule has 2 heterocycles. The van der Waals surface area contributed by atoms with Crippen LogP contribution >= 0.6 is 0 Å². The van der Waals surface area contributed by atoms with E-state index in [9.17, 15) is 4.79 Å². The first-order valence-electron chi connectivity index (χ1n) is 10.2. The van der Waals surface area contributed by atoms with Crippen LogP contribution in [0.3, 0.4) is 0 Å². The molecule has 28 heavy (non-hydrogen) atoms. The molecule has 0 spiro atoms. The van der Waals surface area contributed by atoms with Crippen molar-refractivity contribution < 1.29 is 9.53 Å². The number of ether oxygens (including phenoxy) is 1. The molecule has 1 saturated heterocycles. The quantitative estimate of drug-likeness (QED) is 0.769. The zero-order valence-electron chi connectivity index (χ0n) is 16.4. The molecule has 1 amide bonds. The minimum atomic E-state index is -0.0252. The number of fused-ring (bicyclic) bond motifs is 1. The lowest BCUT2D eigenvalue weighted by Gasteiger charge is -2.30. The molecule has 5 heteroatoms. The second-order valence-electron chi connectivity index (χ2n) is 7.35. The summed E-state index contributed by atoms with van der Waals surface area (Å²) in [6.45, 7) is 5.90. The monoisotopic (exact) mass is 377 g/mol. The lowest BCUT2D eigenvalue weighted by molar-refractivity contribution is -0.112. The smallest absolute Gasteiger partial charge is 0.278 e. The first-order chi connectivity index (χ1) is 13.8. The van der Waals surface area contributed by atoms with Gasteiger partial charge in [-0.3, -0.25) is 14.6 Å². The Bertz CT molecular complexity index is 854. The fourth-order valence-electron chi connectivity index (χ4n) is 3.70. The van der Waals surface area contributed by atoms with Gasteiger partial charge in [-0.25, -0.2) is 4.99 Å². The molecule has 1 fully saturated rings. The van der Waals surface area contributed by atoms with E-state index in [2.05, 4.69) is 24.0 Å². The standard InChI is InChI=1S/C23H27N3O2/c1-2-3-6-18-9-11-19(12-10-18)24-22-20-7-4-5-8-21(20)26(23(22)27)17-25-13-15-28-16-14-25/h4-5,7-12H,2-3,6,13-17H2,1H3. The second kappa shape index (κ2) is 8.67. The maximum Gasteiger partial charge on any atom is 0.278 e. The van der Waals surface area contributed by atoms with Gasteiger partial charge in [0.25, 0.3) is 5.91 Å². The van der Waals surface area contributed by atoms with Gasteiger partial charge in [0, 0.05) is 18.7 Å². The molecule has 0 aromatic heterocycles. The largest absolute Gasteiger partial charge is 0.379 e. The highest BCUT2D eigenvalue weighted by molar-refractivity contribution is 6.54. The number of aliphatic imine (C=N–C) groups is 1. The summed E-state index contributed by atoms with van der Waals surface area (Å²) in [5.41, 5.74) is 4.53. The summed E-state index contributed by atoms with van der Waals surface area (Å²) >= 11 is 0. The Morgan fingerprint density at radius 2 is 1.79 bits per heavy atom. The maximum atomic E-state index is 13.2. The van der Waals surface area contributed by atoms with Crippen LogP contribution in [0.5, 0.6) is 0 Å². The van der Waals surface area contributed by atoms with E-state index in [0.717, 1.165) is 49.7 Å². The number of anilines is 1. The number of benzene rings is 2. The van der Waals surface area contributed by atoms with Crippen LogP contribution < -0.4 is 4.90 Å². The first kappa shape index (κ1) is 18.8. The number of aryl methyl sites for hydroxylation is 1. The van der Waals surface area contributed by atoms with Gasteiger partial charge in [0.05, 0.1) is 31.3 Å². The zero-order chi connectivity index (χ0) is 19.3. The maximum absolute atomic E-state index is 13.2. The Morgan fingerprint density at radius 1 is 1.04 bits per heavy atom. The molecule has 146 valence electrons. The average Bonchev–Trinajstić information content (AvgIpc) is 3.00. The van der Waals surface area contributed by atoms with Crippen LogP contribution in [-0.4, -0.2) is 49.5 Å². The highest BCUT2D eigenvalue weighted by Crippen LogP contribution is 2.31. The van der Waals surface area contributed by atoms with Crippen LogP contribution in [0.15, 0.2) is 53.5 Å². The molecule has 2 aromatic carbocycles. The molecule has 0 atom stereocenters. The van der Waals surface area contributed by atoms with Gasteiger partial charge in [0.2, 0.25) is 0 Å². The van der Waals surface area contributed by atoms with Crippen LogP contribution in [-0.2, 0) is 16.0 Å². The number of nitrogens with zero attached hydrogens (tertiary/aromatic N) is 3. The number of amides is 1. The van der Waals surface area contributed by atoms with E-state index < -0.39 is 0 Å². The van der Waals surface area contributed by atoms with E-state index in [1.54, 1.807) is 0 Å². The van der Waals surface area contributed by atoms with Crippen molar-refractivity contribution in [1.82, 2.24) is 4.90 Å². The van der Waals surface area contributed by atoms with E-state index in [1.807, 2.05) is 41.3 Å². The summed E-state index contributed by atoms with van der Waals surface area (Å²) < 4.78 is 5.43. The number of rotatable bonds is 6. The van der Waals surface area contributed by atoms with Gasteiger partial charge in [0.1, 0.15) is 5.71 Å². The number of hydrogen-bond donors (Lipinski definition) is 0. The van der Waals surface area contributed by atoms with Gasteiger partial charge >= 0.3 is 0 Å². The Balaban J connectivity index is 1.58. The molecule has 2 aliphatic rings. The van der Waals surface area contributed by atoms with Crippen molar-refractivity contribution in [3.63, 3.8) is 0 Å². The van der Waals surface area contributed by atoms with E-state index in [4.69, 9.17) is 9.73 Å². The third-order valence-corrected chi connectivity index (χ3v) is 5.34. The van der Waals surface area contributed by atoms with Gasteiger partial charge in [-0.2, -0.15) is 0 Å². The molecular weight excluding hydrogens is 350 g/mol. The number of para-hydroxylation sites is 1. The molecule has 0 N–H and O–H groups in total. The lowest BCUT2D eigenvalue weighted by Crippen LogP contribution is -2.45. The van der Waals surface area contributed by atoms with Gasteiger partial charge in [-0.05, 0) is 36.6 Å². The first-order valence-corrected chi connectivity index (χ1v) is 10.2. The Labute approximate surface area is 166 Å². The highest BCUT2D eigenvalue weighted by atomic mass is 16.5. The van der Waals surface area contributed by atoms with E-state index in [1.165, 1.54) is 18.4 Å². The summed E-state index contributed by atoms with van der Waals surface area (Å²) in [5, 5.41) is 0. The molecule has 5 nitrogen and oxygen atoms in total. The zero-order valence-corrected chi connectivity index (χ0v) is 16.4. The third kappa shape index (κ3) is 4.01. The van der Waals surface area contributed by atoms with Gasteiger partial charge in [-0.15, -0.1) is 0 Å². The van der Waals surface area contributed by atoms with Crippen molar-refractivity contribution in [2.75, 3.05) is 37.9 Å². The minimum Gasteiger partial charge on any atom is -0.379 e. The van der Waals surface area contributed by atoms with Crippen molar-refractivity contribution in [2.24, 2.45) is 4.99 Å². The highest BCUT2D eigenvalue weighted by Gasteiger charge is 2.34. The van der Waals surface area contributed by atoms with Crippen molar-refractivity contribution in [2.45, 2.75) is 26.2 Å². The van der Waals surface area contributed by atoms with Crippen molar-refractivity contribution in [1.29, 1.82) is 0 Å². The van der Waals surface area contributed by atoms with E-state index >= 15 is 0 Å². The number of carbonyl (C=O) groups excluding carboxylic acids is 1. The molecule has 4 rings (SSSR count). The summed E-state index contributed by atoms with van der Waals surface area (Å²) in [6.07, 6.45) is 3.47. The molecule has 0 radical (unpaired) electrons. The Morgan fingerprint density at radius 3 is 2.54 bits per heavy atom. The second-order valence-corrected chi connectivity index (χ2v) is 7.35. The summed E-state index contributed by atoms with van der Waals surface area (Å²) in [4.78, 5) is 22.0. The van der Waals surface area contributed by atoms with Crippen molar-refractivity contribution in [3.05, 3.63) is 59.7 Å². The lowest BCUT2D eigenvalue weighted by atomic mass is 10.1. The molecule has 2 aromatic rings. The third-order valence-electron chi connectivity index (χ3n) is 5.34.